The van der Waals surface area contributed by atoms with Crippen LogP contribution in [-0.2, 0) is 14.3 Å². The standard InChI is InChI=1S/C29H30FNO3/c1-18-26(29(33)34-23-13-6-3-7-14-23)27(20-11-8-12-22(30)15-20)28-24(31-18)16-21(17-25(28)32)19-9-4-2-5-10-19/h2,4-5,8-12,15,21,23,27,31H,3,6-7,13-14,16-17H2,1H3/t21-,27+/m0/s1. The van der Waals surface area contributed by atoms with E-state index in [-0.39, 0.29) is 23.6 Å². The maximum Gasteiger partial charge on any atom is 0.337 e. The average molecular weight is 460 g/mol. The molecule has 0 amide bonds. The van der Waals surface area contributed by atoms with Gasteiger partial charge in [0.15, 0.2) is 5.78 Å². The summed E-state index contributed by atoms with van der Waals surface area (Å²) in [6, 6.07) is 16.3. The summed E-state index contributed by atoms with van der Waals surface area (Å²) in [6.45, 7) is 1.85. The molecule has 176 valence electrons. The third kappa shape index (κ3) is 4.44. The van der Waals surface area contributed by atoms with Crippen molar-refractivity contribution in [3.63, 3.8) is 0 Å². The molecule has 2 aromatic rings. The molecule has 0 bridgehead atoms. The summed E-state index contributed by atoms with van der Waals surface area (Å²) in [6.07, 6.45) is 5.92. The molecule has 0 spiro atoms. The van der Waals surface area contributed by atoms with Crippen LogP contribution in [0.5, 0.6) is 0 Å². The lowest BCUT2D eigenvalue weighted by Gasteiger charge is -2.37. The molecule has 4 nitrogen and oxygen atoms in total. The van der Waals surface area contributed by atoms with E-state index in [0.717, 1.165) is 43.4 Å². The molecule has 2 aromatic carbocycles. The summed E-state index contributed by atoms with van der Waals surface area (Å²) in [5.74, 6) is -1.37. The van der Waals surface area contributed by atoms with Crippen molar-refractivity contribution in [2.24, 2.45) is 0 Å². The van der Waals surface area contributed by atoms with Gasteiger partial charge in [-0.05, 0) is 68.2 Å². The maximum atomic E-state index is 14.3. The Bertz CT molecular complexity index is 1160. The van der Waals surface area contributed by atoms with Crippen molar-refractivity contribution in [2.75, 3.05) is 0 Å². The predicted molar refractivity (Wildman–Crippen MR) is 128 cm³/mol. The molecule has 34 heavy (non-hydrogen) atoms. The second-order valence-electron chi connectivity index (χ2n) is 9.65. The summed E-state index contributed by atoms with van der Waals surface area (Å²) >= 11 is 0. The molecule has 0 radical (unpaired) electrons. The topological polar surface area (TPSA) is 55.4 Å². The van der Waals surface area contributed by atoms with E-state index in [1.165, 1.54) is 12.1 Å². The number of nitrogens with one attached hydrogen (secondary N) is 1. The minimum Gasteiger partial charge on any atom is -0.459 e. The minimum atomic E-state index is -0.632. The Kier molecular flexibility index (Phi) is 6.36. The Morgan fingerprint density at radius 1 is 0.971 bits per heavy atom. The first-order chi connectivity index (χ1) is 16.5. The molecule has 1 saturated carbocycles. The molecule has 5 rings (SSSR count). The SMILES string of the molecule is CC1=C(C(=O)OC2CCCCC2)[C@@H](c2cccc(F)c2)C2=C(C[C@H](c3ccccc3)CC2=O)N1. The molecular weight excluding hydrogens is 429 g/mol. The fourth-order valence-corrected chi connectivity index (χ4v) is 5.69. The maximum absolute atomic E-state index is 14.3. The second kappa shape index (κ2) is 9.57. The summed E-state index contributed by atoms with van der Waals surface area (Å²) in [4.78, 5) is 27.0. The molecule has 5 heteroatoms. The van der Waals surface area contributed by atoms with Crippen LogP contribution < -0.4 is 5.32 Å². The van der Waals surface area contributed by atoms with Crippen molar-refractivity contribution in [1.82, 2.24) is 5.32 Å². The van der Waals surface area contributed by atoms with E-state index in [2.05, 4.69) is 5.32 Å². The van der Waals surface area contributed by atoms with Gasteiger partial charge in [0.05, 0.1) is 5.57 Å². The van der Waals surface area contributed by atoms with E-state index in [0.29, 0.717) is 35.2 Å². The van der Waals surface area contributed by atoms with Gasteiger partial charge < -0.3 is 10.1 Å². The molecule has 2 atom stereocenters. The fourth-order valence-electron chi connectivity index (χ4n) is 5.69. The zero-order chi connectivity index (χ0) is 23.7. The molecule has 3 aliphatic rings. The predicted octanol–water partition coefficient (Wildman–Crippen LogP) is 6.06. The molecule has 1 heterocycles. The zero-order valence-electron chi connectivity index (χ0n) is 19.5. The Hall–Kier alpha value is -3.21. The summed E-state index contributed by atoms with van der Waals surface area (Å²) in [5.41, 5.74) is 4.22. The van der Waals surface area contributed by atoms with Gasteiger partial charge in [0.1, 0.15) is 11.9 Å². The molecule has 2 aliphatic carbocycles. The van der Waals surface area contributed by atoms with Gasteiger partial charge in [-0.25, -0.2) is 9.18 Å². The van der Waals surface area contributed by atoms with E-state index < -0.39 is 11.9 Å². The van der Waals surface area contributed by atoms with Crippen LogP contribution in [0.4, 0.5) is 4.39 Å². The highest BCUT2D eigenvalue weighted by Crippen LogP contribution is 2.46. The normalized spacial score (nSPS) is 23.4. The number of ether oxygens (including phenoxy) is 1. The molecule has 1 aliphatic heterocycles. The number of ketones is 1. The van der Waals surface area contributed by atoms with Gasteiger partial charge in [-0.1, -0.05) is 48.9 Å². The van der Waals surface area contributed by atoms with Crippen LogP contribution in [0.25, 0.3) is 0 Å². The van der Waals surface area contributed by atoms with E-state index in [1.807, 2.05) is 37.3 Å². The van der Waals surface area contributed by atoms with Gasteiger partial charge in [0.25, 0.3) is 0 Å². The second-order valence-corrected chi connectivity index (χ2v) is 9.65. The fraction of sp³-hybridized carbons (Fsp3) is 0.379. The highest BCUT2D eigenvalue weighted by atomic mass is 19.1. The first kappa shape index (κ1) is 22.6. The number of carbonyl (C=O) groups excluding carboxylic acids is 2. The zero-order valence-corrected chi connectivity index (χ0v) is 19.5. The molecule has 0 saturated heterocycles. The lowest BCUT2D eigenvalue weighted by molar-refractivity contribution is -0.146. The molecule has 1 N–H and O–H groups in total. The Balaban J connectivity index is 1.53. The first-order valence-electron chi connectivity index (χ1n) is 12.3. The van der Waals surface area contributed by atoms with Crippen molar-refractivity contribution in [1.29, 1.82) is 0 Å². The number of carbonyl (C=O) groups is 2. The van der Waals surface area contributed by atoms with Crippen molar-refractivity contribution in [3.8, 4) is 0 Å². The van der Waals surface area contributed by atoms with Gasteiger partial charge in [0, 0.05) is 29.3 Å². The average Bonchev–Trinajstić information content (AvgIpc) is 2.84. The number of esters is 1. The smallest absolute Gasteiger partial charge is 0.337 e. The third-order valence-electron chi connectivity index (χ3n) is 7.33. The number of hydrogen-bond acceptors (Lipinski definition) is 4. The molecule has 1 fully saturated rings. The molecule has 0 unspecified atom stereocenters. The number of hydrogen-bond donors (Lipinski definition) is 1. The summed E-state index contributed by atoms with van der Waals surface area (Å²) in [5, 5.41) is 3.37. The quantitative estimate of drug-likeness (QED) is 0.565. The van der Waals surface area contributed by atoms with Gasteiger partial charge in [-0.15, -0.1) is 0 Å². The number of allylic oxidation sites excluding steroid dienone is 3. The highest BCUT2D eigenvalue weighted by Gasteiger charge is 2.42. The van der Waals surface area contributed by atoms with Crippen LogP contribution in [0.3, 0.4) is 0 Å². The van der Waals surface area contributed by atoms with Crippen LogP contribution in [-0.4, -0.2) is 17.9 Å². The number of benzene rings is 2. The number of rotatable bonds is 4. The monoisotopic (exact) mass is 459 g/mol. The number of dihydropyridines is 1. The highest BCUT2D eigenvalue weighted by molar-refractivity contribution is 6.04. The van der Waals surface area contributed by atoms with E-state index in [4.69, 9.17) is 4.74 Å². The van der Waals surface area contributed by atoms with Crippen LogP contribution in [0.15, 0.2) is 77.1 Å². The number of halogens is 1. The summed E-state index contributed by atoms with van der Waals surface area (Å²) < 4.78 is 20.2. The van der Waals surface area contributed by atoms with Crippen molar-refractivity contribution < 1.29 is 18.7 Å². The van der Waals surface area contributed by atoms with Crippen molar-refractivity contribution in [2.45, 2.75) is 69.8 Å². The Morgan fingerprint density at radius 2 is 1.71 bits per heavy atom. The van der Waals surface area contributed by atoms with Crippen molar-refractivity contribution >= 4 is 11.8 Å². The van der Waals surface area contributed by atoms with Crippen LogP contribution >= 0.6 is 0 Å². The van der Waals surface area contributed by atoms with Crippen LogP contribution in [0.2, 0.25) is 0 Å². The van der Waals surface area contributed by atoms with E-state index in [1.54, 1.807) is 12.1 Å². The summed E-state index contributed by atoms with van der Waals surface area (Å²) in [7, 11) is 0. The third-order valence-corrected chi connectivity index (χ3v) is 7.33. The van der Waals surface area contributed by atoms with Gasteiger partial charge in [-0.2, -0.15) is 0 Å². The lowest BCUT2D eigenvalue weighted by Crippen LogP contribution is -2.37. The number of Topliss-reactive ketones (excluding diaryl/α,β-unsaturated/α-hetero) is 1. The first-order valence-corrected chi connectivity index (χ1v) is 12.3. The Labute approximate surface area is 199 Å². The van der Waals surface area contributed by atoms with Crippen LogP contribution in [0.1, 0.15) is 74.8 Å². The van der Waals surface area contributed by atoms with Gasteiger partial charge in [0.2, 0.25) is 0 Å². The Morgan fingerprint density at radius 3 is 2.44 bits per heavy atom. The van der Waals surface area contributed by atoms with E-state index in [9.17, 15) is 14.0 Å². The van der Waals surface area contributed by atoms with Gasteiger partial charge in [-0.3, -0.25) is 4.79 Å². The van der Waals surface area contributed by atoms with Crippen LogP contribution in [0, 0.1) is 5.82 Å². The van der Waals surface area contributed by atoms with E-state index >= 15 is 0 Å². The lowest BCUT2D eigenvalue weighted by atomic mass is 9.71. The minimum absolute atomic E-state index is 0.00710. The van der Waals surface area contributed by atoms with Gasteiger partial charge >= 0.3 is 5.97 Å². The molecule has 0 aromatic heterocycles. The van der Waals surface area contributed by atoms with Crippen molar-refractivity contribution in [3.05, 3.63) is 94.1 Å². The largest absolute Gasteiger partial charge is 0.459 e. The molecular formula is C29H30FNO3.